The molecule has 0 bridgehead atoms. The number of nitrogens with two attached hydrogens (primary N) is 1. The standard InChI is InChI=1S/C19H19ClFN3O4/c20-13-1-6-16(23-10-13)18(26)24-7-8-28-19(11-24,9-17(22)25)12-27-15-4-2-14(21)3-5-15/h1-6,10H,7-9,11-12H2,(H2,22,25)/t19-/m1/s1. The minimum atomic E-state index is -1.11. The zero-order valence-electron chi connectivity index (χ0n) is 14.9. The second kappa shape index (κ2) is 8.53. The van der Waals surface area contributed by atoms with Crippen LogP contribution in [-0.2, 0) is 9.53 Å². The van der Waals surface area contributed by atoms with E-state index in [4.69, 9.17) is 26.8 Å². The summed E-state index contributed by atoms with van der Waals surface area (Å²) in [5.74, 6) is -0.866. The van der Waals surface area contributed by atoms with Crippen molar-refractivity contribution in [2.75, 3.05) is 26.3 Å². The lowest BCUT2D eigenvalue weighted by Crippen LogP contribution is -2.58. The van der Waals surface area contributed by atoms with Crippen molar-refractivity contribution in [3.63, 3.8) is 0 Å². The van der Waals surface area contributed by atoms with Crippen molar-refractivity contribution in [3.8, 4) is 5.75 Å². The summed E-state index contributed by atoms with van der Waals surface area (Å²) < 4.78 is 24.6. The molecule has 3 rings (SSSR count). The Morgan fingerprint density at radius 3 is 2.68 bits per heavy atom. The number of amides is 2. The summed E-state index contributed by atoms with van der Waals surface area (Å²) >= 11 is 5.82. The summed E-state index contributed by atoms with van der Waals surface area (Å²) in [5.41, 5.74) is 4.52. The van der Waals surface area contributed by atoms with E-state index in [0.717, 1.165) is 0 Å². The van der Waals surface area contributed by atoms with Gasteiger partial charge in [0.05, 0.1) is 24.6 Å². The summed E-state index contributed by atoms with van der Waals surface area (Å²) in [7, 11) is 0. The molecule has 7 nitrogen and oxygen atoms in total. The van der Waals surface area contributed by atoms with E-state index < -0.39 is 11.5 Å². The molecule has 1 fully saturated rings. The van der Waals surface area contributed by atoms with E-state index in [-0.39, 0.29) is 43.6 Å². The van der Waals surface area contributed by atoms with E-state index in [0.29, 0.717) is 17.3 Å². The fourth-order valence-electron chi connectivity index (χ4n) is 2.99. The Morgan fingerprint density at radius 2 is 2.04 bits per heavy atom. The molecule has 28 heavy (non-hydrogen) atoms. The Kier molecular flexibility index (Phi) is 6.11. The fourth-order valence-corrected chi connectivity index (χ4v) is 3.10. The highest BCUT2D eigenvalue weighted by atomic mass is 35.5. The Labute approximate surface area is 166 Å². The van der Waals surface area contributed by atoms with Gasteiger partial charge in [0.15, 0.2) is 0 Å². The predicted molar refractivity (Wildman–Crippen MR) is 99.5 cm³/mol. The van der Waals surface area contributed by atoms with E-state index in [1.165, 1.54) is 41.4 Å². The number of halogens is 2. The van der Waals surface area contributed by atoms with Gasteiger partial charge in [0, 0.05) is 12.7 Å². The molecule has 2 amide bonds. The molecular formula is C19H19ClFN3O4. The number of ether oxygens (including phenoxy) is 2. The number of morpholine rings is 1. The monoisotopic (exact) mass is 407 g/mol. The number of hydrogen-bond acceptors (Lipinski definition) is 5. The van der Waals surface area contributed by atoms with Crippen LogP contribution >= 0.6 is 11.6 Å². The first-order valence-corrected chi connectivity index (χ1v) is 8.96. The molecule has 2 aromatic rings. The first-order valence-electron chi connectivity index (χ1n) is 8.58. The van der Waals surface area contributed by atoms with Crippen LogP contribution in [0.5, 0.6) is 5.75 Å². The largest absolute Gasteiger partial charge is 0.490 e. The molecule has 148 valence electrons. The predicted octanol–water partition coefficient (Wildman–Crippen LogP) is 2.04. The van der Waals surface area contributed by atoms with E-state index in [1.807, 2.05) is 0 Å². The normalized spacial score (nSPS) is 19.3. The molecule has 1 atom stereocenters. The van der Waals surface area contributed by atoms with Crippen molar-refractivity contribution >= 4 is 23.4 Å². The van der Waals surface area contributed by atoms with Crippen LogP contribution in [0.1, 0.15) is 16.9 Å². The molecular weight excluding hydrogens is 389 g/mol. The van der Waals surface area contributed by atoms with Gasteiger partial charge >= 0.3 is 0 Å². The van der Waals surface area contributed by atoms with Crippen LogP contribution < -0.4 is 10.5 Å². The highest BCUT2D eigenvalue weighted by molar-refractivity contribution is 6.30. The summed E-state index contributed by atoms with van der Waals surface area (Å²) in [6, 6.07) is 8.58. The molecule has 0 unspecified atom stereocenters. The van der Waals surface area contributed by atoms with Crippen LogP contribution in [0.15, 0.2) is 42.6 Å². The summed E-state index contributed by atoms with van der Waals surface area (Å²) in [5, 5.41) is 0.425. The Morgan fingerprint density at radius 1 is 1.29 bits per heavy atom. The van der Waals surface area contributed by atoms with Crippen molar-refractivity contribution in [1.29, 1.82) is 0 Å². The lowest BCUT2D eigenvalue weighted by Gasteiger charge is -2.41. The Bertz CT molecular complexity index is 847. The average molecular weight is 408 g/mol. The SMILES string of the molecule is NC(=O)C[C@]1(COc2ccc(F)cc2)CN(C(=O)c2ccc(Cl)cn2)CCO1. The van der Waals surface area contributed by atoms with E-state index >= 15 is 0 Å². The molecule has 1 saturated heterocycles. The second-order valence-corrected chi connectivity index (χ2v) is 6.94. The van der Waals surface area contributed by atoms with Gasteiger partial charge in [0.25, 0.3) is 5.91 Å². The van der Waals surface area contributed by atoms with Crippen LogP contribution in [0.25, 0.3) is 0 Å². The van der Waals surface area contributed by atoms with Crippen molar-refractivity contribution < 1.29 is 23.5 Å². The van der Waals surface area contributed by atoms with Gasteiger partial charge < -0.3 is 20.1 Å². The molecule has 1 aliphatic rings. The third kappa shape index (κ3) is 4.96. The maximum atomic E-state index is 13.1. The first-order chi connectivity index (χ1) is 13.4. The van der Waals surface area contributed by atoms with Crippen molar-refractivity contribution in [2.24, 2.45) is 5.73 Å². The maximum Gasteiger partial charge on any atom is 0.272 e. The summed E-state index contributed by atoms with van der Waals surface area (Å²) in [6.07, 6.45) is 1.26. The van der Waals surface area contributed by atoms with E-state index in [2.05, 4.69) is 4.98 Å². The summed E-state index contributed by atoms with van der Waals surface area (Å²) in [4.78, 5) is 30.0. The van der Waals surface area contributed by atoms with Gasteiger partial charge in [-0.05, 0) is 36.4 Å². The van der Waals surface area contributed by atoms with E-state index in [9.17, 15) is 14.0 Å². The highest BCUT2D eigenvalue weighted by Gasteiger charge is 2.41. The smallest absolute Gasteiger partial charge is 0.272 e. The van der Waals surface area contributed by atoms with Gasteiger partial charge in [0.2, 0.25) is 5.91 Å². The lowest BCUT2D eigenvalue weighted by atomic mass is 9.97. The van der Waals surface area contributed by atoms with Gasteiger partial charge in [0.1, 0.15) is 29.5 Å². The first kappa shape index (κ1) is 20.0. The van der Waals surface area contributed by atoms with Crippen molar-refractivity contribution in [3.05, 3.63) is 59.1 Å². The van der Waals surface area contributed by atoms with Gasteiger partial charge in [-0.1, -0.05) is 11.6 Å². The molecule has 2 N–H and O–H groups in total. The molecule has 2 heterocycles. The molecule has 1 aliphatic heterocycles. The number of carbonyl (C=O) groups is 2. The molecule has 0 spiro atoms. The van der Waals surface area contributed by atoms with Crippen LogP contribution in [0, 0.1) is 5.82 Å². The lowest BCUT2D eigenvalue weighted by molar-refractivity contribution is -0.142. The number of nitrogens with zero attached hydrogens (tertiary/aromatic N) is 2. The van der Waals surface area contributed by atoms with Crippen molar-refractivity contribution in [2.45, 2.75) is 12.0 Å². The quantitative estimate of drug-likeness (QED) is 0.790. The van der Waals surface area contributed by atoms with Crippen molar-refractivity contribution in [1.82, 2.24) is 9.88 Å². The highest BCUT2D eigenvalue weighted by Crippen LogP contribution is 2.25. The Hall–Kier alpha value is -2.71. The number of aromatic nitrogens is 1. The maximum absolute atomic E-state index is 13.1. The number of benzene rings is 1. The van der Waals surface area contributed by atoms with Gasteiger partial charge in [-0.3, -0.25) is 9.59 Å². The average Bonchev–Trinajstić information content (AvgIpc) is 2.67. The molecule has 0 saturated carbocycles. The van der Waals surface area contributed by atoms with Gasteiger partial charge in [-0.25, -0.2) is 9.37 Å². The molecule has 1 aromatic heterocycles. The fraction of sp³-hybridized carbons (Fsp3) is 0.316. The third-order valence-corrected chi connectivity index (χ3v) is 4.52. The summed E-state index contributed by atoms with van der Waals surface area (Å²) in [6.45, 7) is 0.610. The minimum Gasteiger partial charge on any atom is -0.490 e. The number of hydrogen-bond donors (Lipinski definition) is 1. The minimum absolute atomic E-state index is 0.0284. The van der Waals surface area contributed by atoms with Crippen LogP contribution in [0.3, 0.4) is 0 Å². The molecule has 9 heteroatoms. The zero-order chi connectivity index (χ0) is 20.1. The zero-order valence-corrected chi connectivity index (χ0v) is 15.7. The molecule has 0 radical (unpaired) electrons. The third-order valence-electron chi connectivity index (χ3n) is 4.29. The Balaban J connectivity index is 1.75. The van der Waals surface area contributed by atoms with Crippen LogP contribution in [-0.4, -0.2) is 53.6 Å². The number of primary amides is 1. The topological polar surface area (TPSA) is 94.8 Å². The van der Waals surface area contributed by atoms with Crippen LogP contribution in [0.2, 0.25) is 5.02 Å². The number of carbonyl (C=O) groups excluding carboxylic acids is 2. The number of rotatable bonds is 6. The van der Waals surface area contributed by atoms with Gasteiger partial charge in [-0.15, -0.1) is 0 Å². The molecule has 0 aliphatic carbocycles. The molecule has 1 aromatic carbocycles. The second-order valence-electron chi connectivity index (χ2n) is 6.51. The van der Waals surface area contributed by atoms with E-state index in [1.54, 1.807) is 6.07 Å². The van der Waals surface area contributed by atoms with Crippen LogP contribution in [0.4, 0.5) is 4.39 Å². The number of pyridine rings is 1. The van der Waals surface area contributed by atoms with Gasteiger partial charge in [-0.2, -0.15) is 0 Å².